The van der Waals surface area contributed by atoms with E-state index in [4.69, 9.17) is 0 Å². The molecule has 22 heavy (non-hydrogen) atoms. The van der Waals surface area contributed by atoms with Crippen LogP contribution in [0.4, 0.5) is 5.69 Å². The van der Waals surface area contributed by atoms with E-state index in [0.717, 1.165) is 36.1 Å². The van der Waals surface area contributed by atoms with Gasteiger partial charge in [0.25, 0.3) is 0 Å². The highest BCUT2D eigenvalue weighted by Crippen LogP contribution is 2.28. The number of anilines is 1. The SMILES string of the molecule is CC1CCN(C(=O)[C@H]2CC(=O)N(c3ccc(Br)cc3)C2)CC1. The van der Waals surface area contributed by atoms with Crippen LogP contribution in [0.1, 0.15) is 26.2 Å². The van der Waals surface area contributed by atoms with Gasteiger partial charge in [-0.25, -0.2) is 0 Å². The predicted molar refractivity (Wildman–Crippen MR) is 89.6 cm³/mol. The smallest absolute Gasteiger partial charge is 0.228 e. The Bertz CT molecular complexity index is 565. The number of likely N-dealkylation sites (tertiary alicyclic amines) is 1. The van der Waals surface area contributed by atoms with Gasteiger partial charge in [0.15, 0.2) is 0 Å². The van der Waals surface area contributed by atoms with Crippen LogP contribution in [0, 0.1) is 11.8 Å². The highest BCUT2D eigenvalue weighted by atomic mass is 79.9. The van der Waals surface area contributed by atoms with Crippen molar-refractivity contribution in [3.63, 3.8) is 0 Å². The zero-order valence-corrected chi connectivity index (χ0v) is 14.4. The van der Waals surface area contributed by atoms with Crippen molar-refractivity contribution >= 4 is 33.4 Å². The molecule has 2 aliphatic heterocycles. The Morgan fingerprint density at radius 1 is 1.18 bits per heavy atom. The summed E-state index contributed by atoms with van der Waals surface area (Å²) in [5.41, 5.74) is 0.871. The number of piperidine rings is 1. The average molecular weight is 365 g/mol. The predicted octanol–water partition coefficient (Wildman–Crippen LogP) is 3.06. The van der Waals surface area contributed by atoms with Gasteiger partial charge in [0.2, 0.25) is 11.8 Å². The second-order valence-corrected chi connectivity index (χ2v) is 7.31. The molecular weight excluding hydrogens is 344 g/mol. The molecule has 2 amide bonds. The van der Waals surface area contributed by atoms with Crippen molar-refractivity contribution in [1.82, 2.24) is 4.90 Å². The number of rotatable bonds is 2. The van der Waals surface area contributed by atoms with Gasteiger partial charge in [-0.05, 0) is 43.0 Å². The van der Waals surface area contributed by atoms with Crippen LogP contribution in [0.25, 0.3) is 0 Å². The molecule has 0 bridgehead atoms. The van der Waals surface area contributed by atoms with E-state index in [1.165, 1.54) is 0 Å². The fourth-order valence-electron chi connectivity index (χ4n) is 3.23. The molecule has 0 saturated carbocycles. The summed E-state index contributed by atoms with van der Waals surface area (Å²) in [6.45, 7) is 4.41. The molecule has 1 atom stereocenters. The van der Waals surface area contributed by atoms with Crippen molar-refractivity contribution in [1.29, 1.82) is 0 Å². The van der Waals surface area contributed by atoms with Crippen LogP contribution in [0.2, 0.25) is 0 Å². The van der Waals surface area contributed by atoms with Gasteiger partial charge in [-0.2, -0.15) is 0 Å². The molecule has 2 heterocycles. The highest BCUT2D eigenvalue weighted by Gasteiger charge is 2.37. The first-order chi connectivity index (χ1) is 10.5. The van der Waals surface area contributed by atoms with Crippen LogP contribution in [-0.4, -0.2) is 36.3 Å². The van der Waals surface area contributed by atoms with E-state index in [9.17, 15) is 9.59 Å². The topological polar surface area (TPSA) is 40.6 Å². The molecule has 1 aromatic rings. The van der Waals surface area contributed by atoms with Crippen LogP contribution in [0.5, 0.6) is 0 Å². The number of nitrogens with zero attached hydrogens (tertiary/aromatic N) is 2. The molecule has 118 valence electrons. The lowest BCUT2D eigenvalue weighted by Crippen LogP contribution is -2.42. The normalized spacial score (nSPS) is 23.2. The molecule has 0 aromatic heterocycles. The van der Waals surface area contributed by atoms with Gasteiger partial charge in [0.05, 0.1) is 5.92 Å². The lowest BCUT2D eigenvalue weighted by Gasteiger charge is -2.32. The monoisotopic (exact) mass is 364 g/mol. The van der Waals surface area contributed by atoms with Crippen LogP contribution in [-0.2, 0) is 9.59 Å². The average Bonchev–Trinajstić information content (AvgIpc) is 2.90. The molecule has 4 nitrogen and oxygen atoms in total. The van der Waals surface area contributed by atoms with E-state index in [-0.39, 0.29) is 17.7 Å². The van der Waals surface area contributed by atoms with Crippen LogP contribution < -0.4 is 4.90 Å². The van der Waals surface area contributed by atoms with E-state index < -0.39 is 0 Å². The van der Waals surface area contributed by atoms with E-state index in [0.29, 0.717) is 18.9 Å². The molecule has 2 fully saturated rings. The Morgan fingerprint density at radius 3 is 2.45 bits per heavy atom. The minimum atomic E-state index is -0.190. The summed E-state index contributed by atoms with van der Waals surface area (Å²) < 4.78 is 0.984. The largest absolute Gasteiger partial charge is 0.342 e. The third kappa shape index (κ3) is 3.19. The van der Waals surface area contributed by atoms with Crippen molar-refractivity contribution < 1.29 is 9.59 Å². The van der Waals surface area contributed by atoms with Crippen molar-refractivity contribution in [2.75, 3.05) is 24.5 Å². The Labute approximate surface area is 139 Å². The zero-order valence-electron chi connectivity index (χ0n) is 12.8. The Balaban J connectivity index is 1.66. The van der Waals surface area contributed by atoms with Gasteiger partial charge in [-0.1, -0.05) is 22.9 Å². The van der Waals surface area contributed by atoms with Gasteiger partial charge < -0.3 is 9.80 Å². The molecule has 0 N–H and O–H groups in total. The summed E-state index contributed by atoms with van der Waals surface area (Å²) in [6.07, 6.45) is 2.48. The number of hydrogen-bond donors (Lipinski definition) is 0. The second kappa shape index (κ2) is 6.41. The summed E-state index contributed by atoms with van der Waals surface area (Å²) >= 11 is 3.40. The first-order valence-corrected chi connectivity index (χ1v) is 8.68. The van der Waals surface area contributed by atoms with Gasteiger partial charge in [-0.3, -0.25) is 9.59 Å². The fourth-order valence-corrected chi connectivity index (χ4v) is 3.50. The second-order valence-electron chi connectivity index (χ2n) is 6.39. The summed E-state index contributed by atoms with van der Waals surface area (Å²) in [5.74, 6) is 0.712. The minimum Gasteiger partial charge on any atom is -0.342 e. The summed E-state index contributed by atoms with van der Waals surface area (Å²) in [7, 11) is 0. The first kappa shape index (κ1) is 15.5. The Morgan fingerprint density at radius 2 is 1.82 bits per heavy atom. The number of hydrogen-bond acceptors (Lipinski definition) is 2. The molecule has 0 unspecified atom stereocenters. The van der Waals surface area contributed by atoms with Gasteiger partial charge >= 0.3 is 0 Å². The van der Waals surface area contributed by atoms with Crippen molar-refractivity contribution in [3.05, 3.63) is 28.7 Å². The Hall–Kier alpha value is -1.36. The molecule has 3 rings (SSSR count). The maximum Gasteiger partial charge on any atom is 0.228 e. The fraction of sp³-hybridized carbons (Fsp3) is 0.529. The summed E-state index contributed by atoms with van der Waals surface area (Å²) in [4.78, 5) is 28.6. The van der Waals surface area contributed by atoms with E-state index in [1.807, 2.05) is 29.2 Å². The van der Waals surface area contributed by atoms with Crippen LogP contribution in [0.3, 0.4) is 0 Å². The molecular formula is C17H21BrN2O2. The van der Waals surface area contributed by atoms with Gasteiger partial charge in [0, 0.05) is 36.2 Å². The standard InChI is InChI=1S/C17H21BrN2O2/c1-12-6-8-19(9-7-12)17(22)13-10-16(21)20(11-13)15-4-2-14(18)3-5-15/h2-5,12-13H,6-11H2,1H3/t13-/m0/s1. The molecule has 2 saturated heterocycles. The van der Waals surface area contributed by atoms with Crippen molar-refractivity contribution in [2.24, 2.45) is 11.8 Å². The van der Waals surface area contributed by atoms with Crippen molar-refractivity contribution in [2.45, 2.75) is 26.2 Å². The third-order valence-electron chi connectivity index (χ3n) is 4.71. The van der Waals surface area contributed by atoms with E-state index >= 15 is 0 Å². The summed E-state index contributed by atoms with van der Waals surface area (Å²) in [6, 6.07) is 7.67. The highest BCUT2D eigenvalue weighted by molar-refractivity contribution is 9.10. The van der Waals surface area contributed by atoms with Crippen LogP contribution in [0.15, 0.2) is 28.7 Å². The number of halogens is 1. The maximum absolute atomic E-state index is 12.6. The number of carbonyl (C=O) groups is 2. The molecule has 1 aromatic carbocycles. The Kier molecular flexibility index (Phi) is 4.52. The first-order valence-electron chi connectivity index (χ1n) is 7.89. The molecule has 0 aliphatic carbocycles. The van der Waals surface area contributed by atoms with E-state index in [2.05, 4.69) is 22.9 Å². The minimum absolute atomic E-state index is 0.0473. The number of benzene rings is 1. The zero-order chi connectivity index (χ0) is 15.7. The number of carbonyl (C=O) groups excluding carboxylic acids is 2. The number of amides is 2. The van der Waals surface area contributed by atoms with Gasteiger partial charge in [-0.15, -0.1) is 0 Å². The lowest BCUT2D eigenvalue weighted by molar-refractivity contribution is -0.137. The lowest BCUT2D eigenvalue weighted by atomic mass is 9.97. The molecule has 0 spiro atoms. The van der Waals surface area contributed by atoms with Gasteiger partial charge in [0.1, 0.15) is 0 Å². The van der Waals surface area contributed by atoms with Crippen molar-refractivity contribution in [3.8, 4) is 0 Å². The molecule has 5 heteroatoms. The quantitative estimate of drug-likeness (QED) is 0.808. The van der Waals surface area contributed by atoms with Crippen LogP contribution >= 0.6 is 15.9 Å². The van der Waals surface area contributed by atoms with E-state index in [1.54, 1.807) is 4.90 Å². The summed E-state index contributed by atoms with van der Waals surface area (Å²) in [5, 5.41) is 0. The molecule has 2 aliphatic rings. The molecule has 0 radical (unpaired) electrons. The maximum atomic E-state index is 12.6. The third-order valence-corrected chi connectivity index (χ3v) is 5.24.